The Kier molecular flexibility index (Phi) is 5.01. The molecule has 2 aromatic rings. The molecule has 3 nitrogen and oxygen atoms in total. The molecule has 1 heterocycles. The summed E-state index contributed by atoms with van der Waals surface area (Å²) in [5.41, 5.74) is 1.08. The molecule has 0 aliphatic rings. The highest BCUT2D eigenvalue weighted by Gasteiger charge is 2.06. The average Bonchev–Trinajstić information content (AvgIpc) is 2.74. The number of halogens is 2. The molecule has 0 saturated heterocycles. The van der Waals surface area contributed by atoms with Crippen molar-refractivity contribution >= 4 is 54.9 Å². The summed E-state index contributed by atoms with van der Waals surface area (Å²) in [4.78, 5) is 12.2. The highest BCUT2D eigenvalue weighted by molar-refractivity contribution is 9.11. The number of rotatable bonds is 5. The van der Waals surface area contributed by atoms with Crippen molar-refractivity contribution in [1.82, 2.24) is 0 Å². The molecule has 1 aromatic carbocycles. The maximum absolute atomic E-state index is 11.0. The van der Waals surface area contributed by atoms with Crippen LogP contribution in [0.5, 0.6) is 0 Å². The second-order valence-corrected chi connectivity index (χ2v) is 7.38. The van der Waals surface area contributed by atoms with Crippen molar-refractivity contribution in [2.45, 2.75) is 6.42 Å². The van der Waals surface area contributed by atoms with Gasteiger partial charge < -0.3 is 10.4 Å². The predicted molar refractivity (Wildman–Crippen MR) is 85.3 cm³/mol. The summed E-state index contributed by atoms with van der Waals surface area (Å²) in [5.74, 6) is -0.925. The number of anilines is 1. The van der Waals surface area contributed by atoms with E-state index in [1.54, 1.807) is 23.5 Å². The lowest BCUT2D eigenvalue weighted by Crippen LogP contribution is -2.05. The molecular weight excluding hydrogens is 394 g/mol. The van der Waals surface area contributed by atoms with Crippen molar-refractivity contribution in [3.63, 3.8) is 0 Å². The Bertz CT molecular complexity index is 598. The third-order valence-electron chi connectivity index (χ3n) is 2.47. The molecule has 0 spiro atoms. The molecule has 1 aromatic heterocycles. The van der Waals surface area contributed by atoms with Gasteiger partial charge in [0.05, 0.1) is 9.35 Å². The summed E-state index contributed by atoms with van der Waals surface area (Å²) < 4.78 is 1.88. The highest BCUT2D eigenvalue weighted by Crippen LogP contribution is 2.23. The van der Waals surface area contributed by atoms with Crippen molar-refractivity contribution in [3.05, 3.63) is 49.0 Å². The molecule has 6 heteroatoms. The molecule has 0 bridgehead atoms. The molecule has 100 valence electrons. The minimum Gasteiger partial charge on any atom is -0.478 e. The van der Waals surface area contributed by atoms with Crippen LogP contribution >= 0.6 is 43.2 Å². The number of hydrogen-bond donors (Lipinski definition) is 2. The van der Waals surface area contributed by atoms with Gasteiger partial charge in [-0.2, -0.15) is 0 Å². The first-order chi connectivity index (χ1) is 9.04. The van der Waals surface area contributed by atoms with Crippen LogP contribution in [0.2, 0.25) is 0 Å². The molecular formula is C13H11Br2NO2S. The SMILES string of the molecule is O=C(O)c1cc(Br)cc(NCCc2ccc(Br)s2)c1. The van der Waals surface area contributed by atoms with Gasteiger partial charge >= 0.3 is 5.97 Å². The van der Waals surface area contributed by atoms with Gasteiger partial charge in [-0.05, 0) is 52.7 Å². The Hall–Kier alpha value is -0.850. The first kappa shape index (κ1) is 14.6. The van der Waals surface area contributed by atoms with Crippen LogP contribution in [-0.2, 0) is 6.42 Å². The van der Waals surface area contributed by atoms with Crippen molar-refractivity contribution in [2.24, 2.45) is 0 Å². The zero-order valence-corrected chi connectivity index (χ0v) is 13.8. The van der Waals surface area contributed by atoms with Crippen LogP contribution in [-0.4, -0.2) is 17.6 Å². The van der Waals surface area contributed by atoms with Crippen LogP contribution in [0.1, 0.15) is 15.2 Å². The number of thiophene rings is 1. The first-order valence-electron chi connectivity index (χ1n) is 5.56. The predicted octanol–water partition coefficient (Wildman–Crippen LogP) is 4.63. The maximum atomic E-state index is 11.0. The van der Waals surface area contributed by atoms with E-state index in [0.717, 1.165) is 26.9 Å². The Labute approximate surface area is 131 Å². The van der Waals surface area contributed by atoms with E-state index in [1.165, 1.54) is 4.88 Å². The van der Waals surface area contributed by atoms with Gasteiger partial charge in [0.25, 0.3) is 0 Å². The Balaban J connectivity index is 1.97. The van der Waals surface area contributed by atoms with E-state index in [-0.39, 0.29) is 5.56 Å². The van der Waals surface area contributed by atoms with E-state index in [1.807, 2.05) is 12.1 Å². The largest absolute Gasteiger partial charge is 0.478 e. The number of carboxylic acids is 1. The fraction of sp³-hybridized carbons (Fsp3) is 0.154. The Morgan fingerprint density at radius 2 is 2.05 bits per heavy atom. The smallest absolute Gasteiger partial charge is 0.335 e. The molecule has 0 unspecified atom stereocenters. The monoisotopic (exact) mass is 403 g/mol. The number of hydrogen-bond acceptors (Lipinski definition) is 3. The van der Waals surface area contributed by atoms with Crippen LogP contribution in [0.25, 0.3) is 0 Å². The number of carbonyl (C=O) groups is 1. The van der Waals surface area contributed by atoms with Crippen molar-refractivity contribution in [3.8, 4) is 0 Å². The van der Waals surface area contributed by atoms with Crippen LogP contribution in [0, 0.1) is 0 Å². The lowest BCUT2D eigenvalue weighted by Gasteiger charge is -2.07. The molecule has 19 heavy (non-hydrogen) atoms. The van der Waals surface area contributed by atoms with E-state index in [0.29, 0.717) is 0 Å². The van der Waals surface area contributed by atoms with E-state index in [2.05, 4.69) is 43.2 Å². The van der Waals surface area contributed by atoms with Crippen molar-refractivity contribution < 1.29 is 9.90 Å². The van der Waals surface area contributed by atoms with Gasteiger partial charge in [-0.25, -0.2) is 4.79 Å². The maximum Gasteiger partial charge on any atom is 0.335 e. The molecule has 2 rings (SSSR count). The summed E-state index contributed by atoms with van der Waals surface area (Å²) >= 11 is 8.45. The highest BCUT2D eigenvalue weighted by atomic mass is 79.9. The minimum atomic E-state index is -0.925. The van der Waals surface area contributed by atoms with Gasteiger partial charge in [-0.3, -0.25) is 0 Å². The molecule has 0 fully saturated rings. The third-order valence-corrected chi connectivity index (χ3v) is 4.62. The third kappa shape index (κ3) is 4.33. The van der Waals surface area contributed by atoms with Gasteiger partial charge in [0.1, 0.15) is 0 Å². The molecule has 0 aliphatic heterocycles. The second kappa shape index (κ2) is 6.54. The van der Waals surface area contributed by atoms with Gasteiger partial charge in [-0.15, -0.1) is 11.3 Å². The molecule has 0 amide bonds. The number of nitrogens with one attached hydrogen (secondary N) is 1. The average molecular weight is 405 g/mol. The summed E-state index contributed by atoms with van der Waals surface area (Å²) in [5, 5.41) is 12.2. The molecule has 0 saturated carbocycles. The fourth-order valence-corrected chi connectivity index (χ4v) is 3.61. The minimum absolute atomic E-state index is 0.274. The summed E-state index contributed by atoms with van der Waals surface area (Å²) in [6, 6.07) is 9.21. The van der Waals surface area contributed by atoms with E-state index < -0.39 is 5.97 Å². The quantitative estimate of drug-likeness (QED) is 0.763. The lowest BCUT2D eigenvalue weighted by atomic mass is 10.2. The topological polar surface area (TPSA) is 49.3 Å². The van der Waals surface area contributed by atoms with E-state index in [4.69, 9.17) is 5.11 Å². The summed E-state index contributed by atoms with van der Waals surface area (Å²) in [6.45, 7) is 0.766. The zero-order chi connectivity index (χ0) is 13.8. The van der Waals surface area contributed by atoms with Crippen molar-refractivity contribution in [2.75, 3.05) is 11.9 Å². The Morgan fingerprint density at radius 3 is 2.68 bits per heavy atom. The summed E-state index contributed by atoms with van der Waals surface area (Å²) in [6.07, 6.45) is 0.908. The number of benzene rings is 1. The van der Waals surface area contributed by atoms with Crippen LogP contribution in [0.3, 0.4) is 0 Å². The number of aromatic carboxylic acids is 1. The standard InChI is InChI=1S/C13H11Br2NO2S/c14-9-5-8(13(17)18)6-10(7-9)16-4-3-11-1-2-12(15)19-11/h1-2,5-7,16H,3-4H2,(H,17,18). The van der Waals surface area contributed by atoms with Gasteiger partial charge in [0.2, 0.25) is 0 Å². The van der Waals surface area contributed by atoms with Crippen molar-refractivity contribution in [1.29, 1.82) is 0 Å². The second-order valence-electron chi connectivity index (χ2n) is 3.92. The number of carboxylic acid groups (broad SMARTS) is 1. The molecule has 0 radical (unpaired) electrons. The fourth-order valence-electron chi connectivity index (χ4n) is 1.63. The molecule has 0 atom stereocenters. The van der Waals surface area contributed by atoms with Gasteiger partial charge in [0.15, 0.2) is 0 Å². The summed E-state index contributed by atoms with van der Waals surface area (Å²) in [7, 11) is 0. The van der Waals surface area contributed by atoms with E-state index in [9.17, 15) is 4.79 Å². The normalized spacial score (nSPS) is 10.4. The lowest BCUT2D eigenvalue weighted by molar-refractivity contribution is 0.0697. The van der Waals surface area contributed by atoms with Crippen LogP contribution in [0.4, 0.5) is 5.69 Å². The van der Waals surface area contributed by atoms with Crippen LogP contribution in [0.15, 0.2) is 38.6 Å². The Morgan fingerprint density at radius 1 is 1.26 bits per heavy atom. The first-order valence-corrected chi connectivity index (χ1v) is 7.97. The van der Waals surface area contributed by atoms with Gasteiger partial charge in [-0.1, -0.05) is 15.9 Å². The molecule has 2 N–H and O–H groups in total. The van der Waals surface area contributed by atoms with Gasteiger partial charge in [0, 0.05) is 21.6 Å². The van der Waals surface area contributed by atoms with Crippen LogP contribution < -0.4 is 5.32 Å². The molecule has 0 aliphatic carbocycles. The van der Waals surface area contributed by atoms with E-state index >= 15 is 0 Å². The zero-order valence-electron chi connectivity index (χ0n) is 9.82.